The Kier molecular flexibility index (Phi) is 3.71. The van der Waals surface area contributed by atoms with E-state index in [2.05, 4.69) is 4.98 Å². The van der Waals surface area contributed by atoms with Crippen LogP contribution in [0.4, 0.5) is 35.1 Å². The Morgan fingerprint density at radius 2 is 1.23 bits per heavy atom. The van der Waals surface area contributed by atoms with Gasteiger partial charge in [0.05, 0.1) is 5.56 Å². The number of alkyl halides is 3. The number of aromatic nitrogens is 1. The van der Waals surface area contributed by atoms with E-state index in [-0.39, 0.29) is 6.07 Å². The van der Waals surface area contributed by atoms with Crippen molar-refractivity contribution < 1.29 is 40.2 Å². The molecule has 0 saturated carbocycles. The first kappa shape index (κ1) is 16.0. The zero-order valence-electron chi connectivity index (χ0n) is 10.1. The maximum absolute atomic E-state index is 13.5. The lowest BCUT2D eigenvalue weighted by Crippen LogP contribution is -2.10. The van der Waals surface area contributed by atoms with Gasteiger partial charge in [0, 0.05) is 0 Å². The summed E-state index contributed by atoms with van der Waals surface area (Å²) in [5, 5.41) is 9.35. The van der Waals surface area contributed by atoms with E-state index in [0.717, 1.165) is 0 Å². The summed E-state index contributed by atoms with van der Waals surface area (Å²) in [7, 11) is 0. The number of rotatable bonds is 1. The molecule has 22 heavy (non-hydrogen) atoms. The molecule has 0 saturated heterocycles. The van der Waals surface area contributed by atoms with Crippen LogP contribution in [0.3, 0.4) is 0 Å². The second-order valence-electron chi connectivity index (χ2n) is 4.01. The molecule has 118 valence electrons. The van der Waals surface area contributed by atoms with Gasteiger partial charge < -0.3 is 5.11 Å². The number of hydrogen-bond donors (Lipinski definition) is 1. The van der Waals surface area contributed by atoms with Gasteiger partial charge in [-0.25, -0.2) is 26.9 Å². The van der Waals surface area contributed by atoms with Crippen molar-refractivity contribution in [2.45, 2.75) is 6.18 Å². The Hall–Kier alpha value is -2.39. The predicted molar refractivity (Wildman–Crippen MR) is 56.1 cm³/mol. The summed E-state index contributed by atoms with van der Waals surface area (Å²) < 4.78 is 104. The normalized spacial score (nSPS) is 11.8. The first-order valence-corrected chi connectivity index (χ1v) is 5.34. The number of hydrogen-bond acceptors (Lipinski definition) is 2. The van der Waals surface area contributed by atoms with Crippen LogP contribution in [0.1, 0.15) is 5.69 Å². The molecule has 0 fully saturated rings. The van der Waals surface area contributed by atoms with Crippen molar-refractivity contribution in [3.8, 4) is 17.0 Å². The molecule has 2 rings (SSSR count). The first-order chi connectivity index (χ1) is 10.1. The molecule has 0 amide bonds. The summed E-state index contributed by atoms with van der Waals surface area (Å²) in [5.41, 5.74) is -4.84. The molecule has 0 unspecified atom stereocenters. The molecule has 0 aliphatic rings. The van der Waals surface area contributed by atoms with E-state index < -0.39 is 58.0 Å². The predicted octanol–water partition coefficient (Wildman–Crippen LogP) is 4.17. The van der Waals surface area contributed by atoms with Gasteiger partial charge in [-0.05, 0) is 12.1 Å². The topological polar surface area (TPSA) is 33.1 Å². The van der Waals surface area contributed by atoms with Crippen molar-refractivity contribution in [3.05, 3.63) is 46.9 Å². The van der Waals surface area contributed by atoms with E-state index in [4.69, 9.17) is 0 Å². The number of pyridine rings is 1. The van der Waals surface area contributed by atoms with Gasteiger partial charge in [0.25, 0.3) is 0 Å². The molecule has 0 atom stereocenters. The maximum atomic E-state index is 13.5. The number of nitrogens with zero attached hydrogens (tertiary/aromatic N) is 1. The lowest BCUT2D eigenvalue weighted by atomic mass is 10.1. The van der Waals surface area contributed by atoms with Crippen molar-refractivity contribution >= 4 is 0 Å². The third kappa shape index (κ3) is 2.44. The van der Waals surface area contributed by atoms with E-state index in [1.165, 1.54) is 0 Å². The summed E-state index contributed by atoms with van der Waals surface area (Å²) in [6.45, 7) is 0. The van der Waals surface area contributed by atoms with Crippen LogP contribution in [-0.2, 0) is 6.18 Å². The van der Waals surface area contributed by atoms with Gasteiger partial charge in [-0.1, -0.05) is 0 Å². The fraction of sp³-hybridized carbons (Fsp3) is 0.0833. The number of benzene rings is 1. The van der Waals surface area contributed by atoms with E-state index in [0.29, 0.717) is 6.07 Å². The van der Waals surface area contributed by atoms with E-state index in [9.17, 15) is 40.2 Å². The minimum atomic E-state index is -5.05. The van der Waals surface area contributed by atoms with Crippen LogP contribution in [0.2, 0.25) is 0 Å². The fourth-order valence-electron chi connectivity index (χ4n) is 1.61. The average molecular weight is 329 g/mol. The largest absolute Gasteiger partial charge is 0.506 e. The quantitative estimate of drug-likeness (QED) is 0.484. The zero-order chi connectivity index (χ0) is 16.8. The lowest BCUT2D eigenvalue weighted by molar-refractivity contribution is -0.141. The molecule has 1 aromatic heterocycles. The van der Waals surface area contributed by atoms with Crippen LogP contribution in [0, 0.1) is 29.1 Å². The Balaban J connectivity index is 2.83. The third-order valence-corrected chi connectivity index (χ3v) is 2.61. The summed E-state index contributed by atoms with van der Waals surface area (Å²) in [6, 6.07) is 0.661. The van der Waals surface area contributed by atoms with Gasteiger partial charge in [-0.3, -0.25) is 0 Å². The fourth-order valence-corrected chi connectivity index (χ4v) is 1.61. The van der Waals surface area contributed by atoms with Crippen LogP contribution in [0.15, 0.2) is 12.1 Å². The highest BCUT2D eigenvalue weighted by Gasteiger charge is 2.35. The van der Waals surface area contributed by atoms with Crippen LogP contribution in [0.25, 0.3) is 11.3 Å². The number of halogens is 8. The molecule has 1 aromatic carbocycles. The second-order valence-corrected chi connectivity index (χ2v) is 4.01. The third-order valence-electron chi connectivity index (χ3n) is 2.61. The standard InChI is InChI=1S/C12H3F8NO/c13-6-5(7(14)9(16)10(17)8(6)15)11-3(22)1-2-4(21-11)12(18,19)20/h1-2,22H. The maximum Gasteiger partial charge on any atom is 0.433 e. The summed E-state index contributed by atoms with van der Waals surface area (Å²) >= 11 is 0. The Morgan fingerprint density at radius 1 is 0.773 bits per heavy atom. The first-order valence-electron chi connectivity index (χ1n) is 5.34. The van der Waals surface area contributed by atoms with Gasteiger partial charge in [0.15, 0.2) is 23.3 Å². The van der Waals surface area contributed by atoms with E-state index in [1.807, 2.05) is 0 Å². The molecule has 0 aliphatic carbocycles. The van der Waals surface area contributed by atoms with E-state index >= 15 is 0 Å². The molecule has 2 aromatic rings. The van der Waals surface area contributed by atoms with Gasteiger partial charge in [0.1, 0.15) is 17.1 Å². The Morgan fingerprint density at radius 3 is 1.68 bits per heavy atom. The zero-order valence-corrected chi connectivity index (χ0v) is 10.1. The molecule has 0 spiro atoms. The van der Waals surface area contributed by atoms with Crippen LogP contribution in [-0.4, -0.2) is 10.1 Å². The SMILES string of the molecule is Oc1ccc(C(F)(F)F)nc1-c1c(F)c(F)c(F)c(F)c1F. The second kappa shape index (κ2) is 5.11. The highest BCUT2D eigenvalue weighted by molar-refractivity contribution is 5.67. The molecule has 0 radical (unpaired) electrons. The number of aromatic hydroxyl groups is 1. The summed E-state index contributed by atoms with van der Waals surface area (Å²) in [4.78, 5) is 2.74. The Labute approximate surface area is 116 Å². The van der Waals surface area contributed by atoms with Crippen molar-refractivity contribution in [2.24, 2.45) is 0 Å². The highest BCUT2D eigenvalue weighted by Crippen LogP contribution is 2.37. The van der Waals surface area contributed by atoms with Crippen molar-refractivity contribution in [1.29, 1.82) is 0 Å². The van der Waals surface area contributed by atoms with Gasteiger partial charge in [-0.2, -0.15) is 13.2 Å². The highest BCUT2D eigenvalue weighted by atomic mass is 19.4. The van der Waals surface area contributed by atoms with Crippen molar-refractivity contribution in [2.75, 3.05) is 0 Å². The minimum absolute atomic E-state index is 0.283. The molecule has 10 heteroatoms. The molecule has 0 bridgehead atoms. The molecular formula is C12H3F8NO. The molecule has 0 aliphatic heterocycles. The van der Waals surface area contributed by atoms with Crippen LogP contribution < -0.4 is 0 Å². The Bertz CT molecular complexity index is 727. The molecule has 1 heterocycles. The lowest BCUT2D eigenvalue weighted by Gasteiger charge is -2.12. The minimum Gasteiger partial charge on any atom is -0.506 e. The van der Waals surface area contributed by atoms with Crippen molar-refractivity contribution in [3.63, 3.8) is 0 Å². The van der Waals surface area contributed by atoms with Crippen LogP contribution in [0.5, 0.6) is 5.75 Å². The smallest absolute Gasteiger partial charge is 0.433 e. The molecule has 1 N–H and O–H groups in total. The summed E-state index contributed by atoms with van der Waals surface area (Å²) in [5.74, 6) is -13.2. The van der Waals surface area contributed by atoms with E-state index in [1.54, 1.807) is 0 Å². The molecule has 2 nitrogen and oxygen atoms in total. The summed E-state index contributed by atoms with van der Waals surface area (Å²) in [6.07, 6.45) is -5.05. The van der Waals surface area contributed by atoms with Gasteiger partial charge in [-0.15, -0.1) is 0 Å². The van der Waals surface area contributed by atoms with Gasteiger partial charge in [0.2, 0.25) is 5.82 Å². The monoisotopic (exact) mass is 329 g/mol. The van der Waals surface area contributed by atoms with Gasteiger partial charge >= 0.3 is 6.18 Å². The van der Waals surface area contributed by atoms with Crippen LogP contribution >= 0.6 is 0 Å². The molecular weight excluding hydrogens is 326 g/mol. The van der Waals surface area contributed by atoms with Crippen molar-refractivity contribution in [1.82, 2.24) is 4.98 Å². The average Bonchev–Trinajstić information content (AvgIpc) is 2.44.